The second-order valence-corrected chi connectivity index (χ2v) is 9.62. The summed E-state index contributed by atoms with van der Waals surface area (Å²) in [6, 6.07) is 13.1. The second-order valence-electron chi connectivity index (χ2n) is 9.62. The first-order valence-electron chi connectivity index (χ1n) is 12.5. The SMILES string of the molecule is COC1COCc2cccc(F)c2-c2cc3c(n[nH]c3cn2)-c2ccc(N3CCN(C)CC3)c(c2)OC1. The largest absolute Gasteiger partial charge is 0.489 e. The summed E-state index contributed by atoms with van der Waals surface area (Å²) in [4.78, 5) is 9.23. The molecule has 9 heteroatoms. The summed E-state index contributed by atoms with van der Waals surface area (Å²) in [7, 11) is 3.79. The molecule has 192 valence electrons. The standard InChI is InChI=1S/C28H30FN5O3/c1-33-8-10-34(11-9-33)25-7-6-18-12-26(25)37-17-20(35-2)16-36-15-19-4-3-5-22(29)27(19)23-13-21-24(14-30-23)31-32-28(18)21/h3-7,12-14,20H,8-11,15-17H2,1-2H3,(H,31,32). The van der Waals surface area contributed by atoms with Gasteiger partial charge in [-0.2, -0.15) is 5.10 Å². The lowest BCUT2D eigenvalue weighted by Crippen LogP contribution is -2.44. The van der Waals surface area contributed by atoms with Crippen LogP contribution >= 0.6 is 0 Å². The molecule has 6 rings (SSSR count). The molecule has 1 unspecified atom stereocenters. The van der Waals surface area contributed by atoms with Crippen LogP contribution in [0.4, 0.5) is 10.1 Å². The molecule has 1 fully saturated rings. The van der Waals surface area contributed by atoms with Crippen LogP contribution in [0.15, 0.2) is 48.7 Å². The Bertz CT molecular complexity index is 1420. The van der Waals surface area contributed by atoms with Crippen LogP contribution in [0.3, 0.4) is 0 Å². The number of piperazine rings is 1. The van der Waals surface area contributed by atoms with Gasteiger partial charge in [0.1, 0.15) is 30.0 Å². The molecular weight excluding hydrogens is 473 g/mol. The van der Waals surface area contributed by atoms with Crippen molar-refractivity contribution in [3.63, 3.8) is 0 Å². The Balaban J connectivity index is 1.49. The number of hydrogen-bond donors (Lipinski definition) is 1. The first-order valence-corrected chi connectivity index (χ1v) is 12.5. The van der Waals surface area contributed by atoms with Gasteiger partial charge in [-0.3, -0.25) is 10.1 Å². The number of aromatic nitrogens is 3. The highest BCUT2D eigenvalue weighted by Gasteiger charge is 2.22. The average Bonchev–Trinajstić information content (AvgIpc) is 3.34. The molecule has 37 heavy (non-hydrogen) atoms. The second kappa shape index (κ2) is 10.1. The van der Waals surface area contributed by atoms with Gasteiger partial charge >= 0.3 is 0 Å². The van der Waals surface area contributed by atoms with Gasteiger partial charge in [0.15, 0.2) is 0 Å². The minimum atomic E-state index is -0.340. The first-order chi connectivity index (χ1) is 18.1. The van der Waals surface area contributed by atoms with E-state index in [0.29, 0.717) is 24.5 Å². The van der Waals surface area contributed by atoms with Crippen LogP contribution in [-0.2, 0) is 16.1 Å². The summed E-state index contributed by atoms with van der Waals surface area (Å²) in [5, 5.41) is 8.54. The topological polar surface area (TPSA) is 75.7 Å². The van der Waals surface area contributed by atoms with Gasteiger partial charge in [-0.25, -0.2) is 4.39 Å². The van der Waals surface area contributed by atoms with Crippen molar-refractivity contribution in [2.24, 2.45) is 0 Å². The van der Waals surface area contributed by atoms with Crippen LogP contribution in [0.1, 0.15) is 5.56 Å². The van der Waals surface area contributed by atoms with Crippen LogP contribution < -0.4 is 9.64 Å². The number of halogens is 1. The van der Waals surface area contributed by atoms with Gasteiger partial charge in [-0.05, 0) is 36.9 Å². The number of aromatic amines is 1. The van der Waals surface area contributed by atoms with Gasteiger partial charge in [0.25, 0.3) is 0 Å². The summed E-state index contributed by atoms with van der Waals surface area (Å²) < 4.78 is 33.1. The van der Waals surface area contributed by atoms with E-state index in [-0.39, 0.29) is 18.5 Å². The molecule has 4 aromatic rings. The molecule has 2 aromatic heterocycles. The number of fused-ring (bicyclic) bond motifs is 6. The fourth-order valence-corrected chi connectivity index (χ4v) is 5.00. The zero-order chi connectivity index (χ0) is 25.4. The fraction of sp³-hybridized carbons (Fsp3) is 0.357. The van der Waals surface area contributed by atoms with Crippen molar-refractivity contribution in [1.29, 1.82) is 0 Å². The van der Waals surface area contributed by atoms with E-state index in [4.69, 9.17) is 14.2 Å². The smallest absolute Gasteiger partial charge is 0.143 e. The Morgan fingerprint density at radius 1 is 1.08 bits per heavy atom. The normalized spacial score (nSPS) is 18.8. The molecule has 2 aliphatic rings. The van der Waals surface area contributed by atoms with Gasteiger partial charge in [0.05, 0.1) is 36.3 Å². The lowest BCUT2D eigenvalue weighted by Gasteiger charge is -2.35. The Morgan fingerprint density at radius 3 is 2.78 bits per heavy atom. The molecule has 8 nitrogen and oxygen atoms in total. The van der Waals surface area contributed by atoms with Crippen molar-refractivity contribution >= 4 is 16.6 Å². The highest BCUT2D eigenvalue weighted by molar-refractivity contribution is 5.95. The summed E-state index contributed by atoms with van der Waals surface area (Å²) >= 11 is 0. The summed E-state index contributed by atoms with van der Waals surface area (Å²) in [6.07, 6.45) is 1.41. The highest BCUT2D eigenvalue weighted by Crippen LogP contribution is 2.37. The van der Waals surface area contributed by atoms with Crippen molar-refractivity contribution < 1.29 is 18.6 Å². The molecule has 0 radical (unpaired) electrons. The average molecular weight is 504 g/mol. The third-order valence-electron chi connectivity index (χ3n) is 7.20. The highest BCUT2D eigenvalue weighted by atomic mass is 19.1. The number of benzene rings is 2. The van der Waals surface area contributed by atoms with Crippen LogP contribution in [0.2, 0.25) is 0 Å². The number of pyridine rings is 1. The first kappa shape index (κ1) is 23.8. The molecule has 0 spiro atoms. The maximum absolute atomic E-state index is 15.1. The zero-order valence-electron chi connectivity index (χ0n) is 21.0. The van der Waals surface area contributed by atoms with Crippen molar-refractivity contribution in [2.75, 3.05) is 58.5 Å². The number of ether oxygens (including phenoxy) is 3. The van der Waals surface area contributed by atoms with E-state index in [2.05, 4.69) is 44.2 Å². The molecular formula is C28H30FN5O3. The van der Waals surface area contributed by atoms with E-state index in [9.17, 15) is 0 Å². The zero-order valence-corrected chi connectivity index (χ0v) is 21.0. The number of nitrogens with one attached hydrogen (secondary N) is 1. The molecule has 4 heterocycles. The van der Waals surface area contributed by atoms with Gasteiger partial charge < -0.3 is 24.0 Å². The van der Waals surface area contributed by atoms with Crippen LogP contribution in [0.5, 0.6) is 5.75 Å². The Morgan fingerprint density at radius 2 is 1.95 bits per heavy atom. The monoisotopic (exact) mass is 503 g/mol. The number of hydrogen-bond acceptors (Lipinski definition) is 7. The lowest BCUT2D eigenvalue weighted by molar-refractivity contribution is -0.0195. The number of likely N-dealkylation sites (N-methyl/N-ethyl adjacent to an activating group) is 1. The molecule has 2 aromatic carbocycles. The van der Waals surface area contributed by atoms with Gasteiger partial charge in [-0.15, -0.1) is 0 Å². The summed E-state index contributed by atoms with van der Waals surface area (Å²) in [5.74, 6) is 0.437. The molecule has 1 atom stereocenters. The van der Waals surface area contributed by atoms with Crippen molar-refractivity contribution in [1.82, 2.24) is 20.1 Å². The quantitative estimate of drug-likeness (QED) is 0.441. The minimum absolute atomic E-state index is 0.227. The van der Waals surface area contributed by atoms with Crippen molar-refractivity contribution in [3.05, 3.63) is 60.0 Å². The minimum Gasteiger partial charge on any atom is -0.489 e. The maximum atomic E-state index is 15.1. The maximum Gasteiger partial charge on any atom is 0.143 e. The summed E-state index contributed by atoms with van der Waals surface area (Å²) in [6.45, 7) is 4.69. The number of rotatable bonds is 2. The predicted octanol–water partition coefficient (Wildman–Crippen LogP) is 4.11. The Labute approximate surface area is 215 Å². The number of methoxy groups -OCH3 is 1. The predicted molar refractivity (Wildman–Crippen MR) is 140 cm³/mol. The fourth-order valence-electron chi connectivity index (χ4n) is 5.00. The summed E-state index contributed by atoms with van der Waals surface area (Å²) in [5.41, 5.74) is 5.19. The van der Waals surface area contributed by atoms with Crippen molar-refractivity contribution in [2.45, 2.75) is 12.7 Å². The Hall–Kier alpha value is -3.53. The van der Waals surface area contributed by atoms with Crippen molar-refractivity contribution in [3.8, 4) is 28.3 Å². The third kappa shape index (κ3) is 4.66. The molecule has 0 aliphatic carbocycles. The van der Waals surface area contributed by atoms with Gasteiger partial charge in [-0.1, -0.05) is 18.2 Å². The molecule has 1 saturated heterocycles. The molecule has 1 N–H and O–H groups in total. The van der Waals surface area contributed by atoms with E-state index < -0.39 is 0 Å². The van der Waals surface area contributed by atoms with Crippen LogP contribution in [0.25, 0.3) is 33.4 Å². The molecule has 2 aliphatic heterocycles. The number of H-pyrrole nitrogens is 1. The number of anilines is 1. The van der Waals surface area contributed by atoms with E-state index in [1.807, 2.05) is 18.2 Å². The molecule has 4 bridgehead atoms. The van der Waals surface area contributed by atoms with Gasteiger partial charge in [0, 0.05) is 49.8 Å². The third-order valence-corrected chi connectivity index (χ3v) is 7.20. The van der Waals surface area contributed by atoms with E-state index in [1.165, 1.54) is 6.07 Å². The van der Waals surface area contributed by atoms with E-state index in [0.717, 1.165) is 65.3 Å². The van der Waals surface area contributed by atoms with Crippen LogP contribution in [0, 0.1) is 5.82 Å². The van der Waals surface area contributed by atoms with E-state index >= 15 is 4.39 Å². The van der Waals surface area contributed by atoms with Gasteiger partial charge in [0.2, 0.25) is 0 Å². The van der Waals surface area contributed by atoms with Crippen LogP contribution in [-0.4, -0.2) is 79.7 Å². The molecule has 0 amide bonds. The Kier molecular flexibility index (Phi) is 6.50. The molecule has 0 saturated carbocycles. The lowest BCUT2D eigenvalue weighted by atomic mass is 10.0. The van der Waals surface area contributed by atoms with E-state index in [1.54, 1.807) is 19.4 Å². The number of nitrogens with zero attached hydrogens (tertiary/aromatic N) is 4.